The van der Waals surface area contributed by atoms with Crippen molar-refractivity contribution in [1.82, 2.24) is 15.1 Å². The van der Waals surface area contributed by atoms with Crippen molar-refractivity contribution in [2.75, 3.05) is 19.8 Å². The largest absolute Gasteiger partial charge is 0.491 e. The molecule has 1 N–H and O–H groups in total. The Labute approximate surface area is 175 Å². The van der Waals surface area contributed by atoms with Crippen LogP contribution in [0.5, 0.6) is 11.6 Å². The van der Waals surface area contributed by atoms with Crippen molar-refractivity contribution < 1.29 is 32.2 Å². The number of hydrogen-bond acceptors (Lipinski definition) is 5. The fraction of sp³-hybridized carbons (Fsp3) is 0.474. The van der Waals surface area contributed by atoms with Gasteiger partial charge in [-0.15, -0.1) is 0 Å². The number of aryl methyl sites for hydroxylation is 1. The molecule has 7 nitrogen and oxygen atoms in total. The third-order valence-corrected chi connectivity index (χ3v) is 5.04. The highest BCUT2D eigenvalue weighted by atomic mass is 35.5. The van der Waals surface area contributed by atoms with E-state index in [1.54, 1.807) is 18.2 Å². The molecule has 4 rings (SSSR count). The van der Waals surface area contributed by atoms with E-state index in [0.29, 0.717) is 30.4 Å². The zero-order valence-electron chi connectivity index (χ0n) is 15.7. The van der Waals surface area contributed by atoms with Crippen LogP contribution in [0.15, 0.2) is 24.3 Å². The Bertz CT molecular complexity index is 909. The number of rotatable bonds is 4. The predicted octanol–water partition coefficient (Wildman–Crippen LogP) is 3.00. The molecule has 1 amide bonds. The molecule has 11 heteroatoms. The number of hydrogen-bond donors (Lipinski definition) is 1. The summed E-state index contributed by atoms with van der Waals surface area (Å²) in [6.45, 7) is -0.766. The Morgan fingerprint density at radius 2 is 2.13 bits per heavy atom. The van der Waals surface area contributed by atoms with Gasteiger partial charge in [0.25, 0.3) is 5.91 Å². The van der Waals surface area contributed by atoms with Gasteiger partial charge in [0.2, 0.25) is 5.88 Å². The van der Waals surface area contributed by atoms with Crippen LogP contribution in [-0.4, -0.2) is 53.8 Å². The summed E-state index contributed by atoms with van der Waals surface area (Å²) >= 11 is 6.02. The molecule has 0 aliphatic carbocycles. The molecule has 0 saturated carbocycles. The first kappa shape index (κ1) is 20.8. The van der Waals surface area contributed by atoms with Crippen molar-refractivity contribution in [1.29, 1.82) is 0 Å². The summed E-state index contributed by atoms with van der Waals surface area (Å²) in [5.74, 6) is 0.674. The summed E-state index contributed by atoms with van der Waals surface area (Å²) in [5.41, 5.74) is 1.07. The highest BCUT2D eigenvalue weighted by molar-refractivity contribution is 6.30. The molecule has 2 aliphatic rings. The third kappa shape index (κ3) is 4.99. The highest BCUT2D eigenvalue weighted by Gasteiger charge is 2.31. The van der Waals surface area contributed by atoms with Gasteiger partial charge in [0.15, 0.2) is 5.69 Å². The van der Waals surface area contributed by atoms with E-state index in [0.717, 1.165) is 11.3 Å². The maximum absolute atomic E-state index is 12.6. The van der Waals surface area contributed by atoms with E-state index in [-0.39, 0.29) is 30.8 Å². The molecule has 162 valence electrons. The smallest absolute Gasteiger partial charge is 0.411 e. The number of halogens is 4. The molecule has 2 atom stereocenters. The third-order valence-electron chi connectivity index (χ3n) is 4.80. The first-order valence-electron chi connectivity index (χ1n) is 9.38. The van der Waals surface area contributed by atoms with Crippen LogP contribution < -0.4 is 14.8 Å². The number of nitrogens with one attached hydrogen (secondary N) is 1. The summed E-state index contributed by atoms with van der Waals surface area (Å²) in [5, 5.41) is 7.69. The molecule has 0 radical (unpaired) electrons. The monoisotopic (exact) mass is 445 g/mol. The van der Waals surface area contributed by atoms with Crippen molar-refractivity contribution in [2.24, 2.45) is 0 Å². The SMILES string of the molecule is O=C(N[C@H]1COc2ccc(Cl)cc2C1)c1cc2n(n1)CCC(OCC(F)(F)F)CO2. The Morgan fingerprint density at radius 3 is 2.93 bits per heavy atom. The highest BCUT2D eigenvalue weighted by Crippen LogP contribution is 2.28. The zero-order valence-corrected chi connectivity index (χ0v) is 16.5. The van der Waals surface area contributed by atoms with Crippen molar-refractivity contribution in [3.63, 3.8) is 0 Å². The summed E-state index contributed by atoms with van der Waals surface area (Å²) < 4.78 is 54.4. The van der Waals surface area contributed by atoms with E-state index < -0.39 is 18.9 Å². The average Bonchev–Trinajstić information content (AvgIpc) is 3.00. The molecule has 0 saturated heterocycles. The maximum Gasteiger partial charge on any atom is 0.411 e. The van der Waals surface area contributed by atoms with Gasteiger partial charge in [-0.25, -0.2) is 4.68 Å². The molecular formula is C19H19ClF3N3O4. The molecular weight excluding hydrogens is 427 g/mol. The lowest BCUT2D eigenvalue weighted by atomic mass is 10.0. The molecule has 2 aromatic rings. The van der Waals surface area contributed by atoms with Gasteiger partial charge in [0, 0.05) is 17.6 Å². The minimum absolute atomic E-state index is 0.0448. The van der Waals surface area contributed by atoms with E-state index in [4.69, 9.17) is 25.8 Å². The maximum atomic E-state index is 12.6. The molecule has 1 aromatic carbocycles. The van der Waals surface area contributed by atoms with Gasteiger partial charge in [-0.1, -0.05) is 11.6 Å². The summed E-state index contributed by atoms with van der Waals surface area (Å²) in [7, 11) is 0. The molecule has 3 heterocycles. The van der Waals surface area contributed by atoms with Gasteiger partial charge in [0.1, 0.15) is 25.6 Å². The Morgan fingerprint density at radius 1 is 1.30 bits per heavy atom. The number of nitrogens with zero attached hydrogens (tertiary/aromatic N) is 2. The standard InChI is InChI=1S/C19H19ClF3N3O4/c20-12-1-2-16-11(5-12)6-13(8-28-16)24-18(27)15-7-17-26(25-15)4-3-14(9-29-17)30-10-19(21,22)23/h1-2,5,7,13-14H,3-4,6,8-10H2,(H,24,27)/t13-,14?/m1/s1. The number of fused-ring (bicyclic) bond motifs is 2. The molecule has 2 aliphatic heterocycles. The van der Waals surface area contributed by atoms with E-state index in [9.17, 15) is 18.0 Å². The van der Waals surface area contributed by atoms with E-state index in [1.807, 2.05) is 0 Å². The van der Waals surface area contributed by atoms with Crippen LogP contribution in [0.4, 0.5) is 13.2 Å². The second kappa shape index (κ2) is 8.35. The van der Waals surface area contributed by atoms with Crippen LogP contribution in [0.2, 0.25) is 5.02 Å². The summed E-state index contributed by atoms with van der Waals surface area (Å²) in [6.07, 6.45) is -4.22. The Balaban J connectivity index is 1.34. The summed E-state index contributed by atoms with van der Waals surface area (Å²) in [4.78, 5) is 12.6. The van der Waals surface area contributed by atoms with Crippen molar-refractivity contribution in [2.45, 2.75) is 37.7 Å². The fourth-order valence-corrected chi connectivity index (χ4v) is 3.57. The first-order valence-corrected chi connectivity index (χ1v) is 9.76. The Kier molecular flexibility index (Phi) is 5.79. The van der Waals surface area contributed by atoms with Crippen molar-refractivity contribution in [3.05, 3.63) is 40.5 Å². The van der Waals surface area contributed by atoms with Gasteiger partial charge in [-0.05, 0) is 36.6 Å². The summed E-state index contributed by atoms with van der Waals surface area (Å²) in [6, 6.07) is 6.57. The van der Waals surface area contributed by atoms with Gasteiger partial charge >= 0.3 is 6.18 Å². The van der Waals surface area contributed by atoms with E-state index in [1.165, 1.54) is 10.7 Å². The Hall–Kier alpha value is -2.46. The van der Waals surface area contributed by atoms with Crippen LogP contribution in [0.25, 0.3) is 0 Å². The van der Waals surface area contributed by atoms with Crippen LogP contribution in [0.1, 0.15) is 22.5 Å². The number of alkyl halides is 3. The van der Waals surface area contributed by atoms with Gasteiger partial charge in [0.05, 0.1) is 12.1 Å². The lowest BCUT2D eigenvalue weighted by Gasteiger charge is -2.26. The van der Waals surface area contributed by atoms with Crippen molar-refractivity contribution in [3.8, 4) is 11.6 Å². The number of benzene rings is 1. The van der Waals surface area contributed by atoms with Crippen LogP contribution >= 0.6 is 11.6 Å². The van der Waals surface area contributed by atoms with E-state index in [2.05, 4.69) is 10.4 Å². The van der Waals surface area contributed by atoms with Crippen LogP contribution in [0.3, 0.4) is 0 Å². The second-order valence-electron chi connectivity index (χ2n) is 7.18. The number of aromatic nitrogens is 2. The molecule has 0 spiro atoms. The van der Waals surface area contributed by atoms with Gasteiger partial charge < -0.3 is 19.5 Å². The molecule has 1 aromatic heterocycles. The lowest BCUT2D eigenvalue weighted by molar-refractivity contribution is -0.188. The number of amides is 1. The van der Waals surface area contributed by atoms with Crippen LogP contribution in [-0.2, 0) is 17.7 Å². The second-order valence-corrected chi connectivity index (χ2v) is 7.61. The average molecular weight is 446 g/mol. The van der Waals surface area contributed by atoms with Gasteiger partial charge in [-0.3, -0.25) is 4.79 Å². The van der Waals surface area contributed by atoms with Crippen LogP contribution in [0, 0.1) is 0 Å². The molecule has 30 heavy (non-hydrogen) atoms. The first-order chi connectivity index (χ1) is 14.3. The fourth-order valence-electron chi connectivity index (χ4n) is 3.37. The van der Waals surface area contributed by atoms with E-state index >= 15 is 0 Å². The number of ether oxygens (including phenoxy) is 3. The quantitative estimate of drug-likeness (QED) is 0.783. The lowest BCUT2D eigenvalue weighted by Crippen LogP contribution is -2.42. The minimum Gasteiger partial charge on any atom is -0.491 e. The molecule has 0 fully saturated rings. The molecule has 0 bridgehead atoms. The van der Waals surface area contributed by atoms with Gasteiger partial charge in [-0.2, -0.15) is 18.3 Å². The van der Waals surface area contributed by atoms with Crippen molar-refractivity contribution >= 4 is 17.5 Å². The number of carbonyl (C=O) groups excluding carboxylic acids is 1. The topological polar surface area (TPSA) is 74.6 Å². The predicted molar refractivity (Wildman–Crippen MR) is 100 cm³/mol. The number of carbonyl (C=O) groups is 1. The zero-order chi connectivity index (χ0) is 21.3. The molecule has 1 unspecified atom stereocenters. The normalized spacial score (nSPS) is 20.9. The minimum atomic E-state index is -4.39.